The molecule has 5 heteroatoms. The van der Waals surface area contributed by atoms with Crippen molar-refractivity contribution in [2.75, 3.05) is 13.1 Å². The van der Waals surface area contributed by atoms with E-state index in [9.17, 15) is 4.79 Å². The highest BCUT2D eigenvalue weighted by molar-refractivity contribution is 5.74. The maximum absolute atomic E-state index is 12.2. The van der Waals surface area contributed by atoms with Gasteiger partial charge in [-0.25, -0.2) is 9.48 Å². The van der Waals surface area contributed by atoms with Crippen molar-refractivity contribution >= 4 is 6.03 Å². The number of para-hydroxylation sites is 1. The van der Waals surface area contributed by atoms with E-state index in [4.69, 9.17) is 0 Å². The van der Waals surface area contributed by atoms with Crippen LogP contribution in [0.3, 0.4) is 0 Å². The third-order valence-corrected chi connectivity index (χ3v) is 3.99. The van der Waals surface area contributed by atoms with Gasteiger partial charge in [0.05, 0.1) is 11.9 Å². The normalized spacial score (nSPS) is 15.4. The number of benzene rings is 1. The Morgan fingerprint density at radius 2 is 1.82 bits per heavy atom. The van der Waals surface area contributed by atoms with Crippen molar-refractivity contribution in [3.05, 3.63) is 48.3 Å². The molecule has 2 heterocycles. The summed E-state index contributed by atoms with van der Waals surface area (Å²) in [5, 5.41) is 7.34. The monoisotopic (exact) mass is 298 g/mol. The van der Waals surface area contributed by atoms with Crippen LogP contribution in [-0.4, -0.2) is 33.8 Å². The van der Waals surface area contributed by atoms with Gasteiger partial charge in [0.2, 0.25) is 0 Å². The average molecular weight is 298 g/mol. The van der Waals surface area contributed by atoms with Crippen LogP contribution in [0, 0.1) is 0 Å². The van der Waals surface area contributed by atoms with Crippen LogP contribution in [0.2, 0.25) is 0 Å². The fourth-order valence-electron chi connectivity index (χ4n) is 2.74. The molecule has 5 nitrogen and oxygen atoms in total. The minimum Gasteiger partial charge on any atom is -0.334 e. The molecule has 0 spiro atoms. The summed E-state index contributed by atoms with van der Waals surface area (Å²) in [6.07, 6.45) is 8.44. The van der Waals surface area contributed by atoms with Gasteiger partial charge in [-0.2, -0.15) is 5.10 Å². The number of nitrogens with zero attached hydrogens (tertiary/aromatic N) is 3. The Kier molecular flexibility index (Phi) is 4.73. The molecular weight excluding hydrogens is 276 g/mol. The van der Waals surface area contributed by atoms with Crippen molar-refractivity contribution in [2.45, 2.75) is 32.2 Å². The van der Waals surface area contributed by atoms with Crippen molar-refractivity contribution < 1.29 is 4.79 Å². The Morgan fingerprint density at radius 1 is 1.09 bits per heavy atom. The van der Waals surface area contributed by atoms with Crippen LogP contribution in [0.15, 0.2) is 42.7 Å². The lowest BCUT2D eigenvalue weighted by Crippen LogP contribution is -2.40. The number of rotatable bonds is 3. The predicted molar refractivity (Wildman–Crippen MR) is 85.8 cm³/mol. The maximum atomic E-state index is 12.2. The summed E-state index contributed by atoms with van der Waals surface area (Å²) >= 11 is 0. The first-order valence-electron chi connectivity index (χ1n) is 7.95. The molecule has 1 aliphatic heterocycles. The zero-order valence-electron chi connectivity index (χ0n) is 12.7. The fraction of sp³-hybridized carbons (Fsp3) is 0.412. The first-order chi connectivity index (χ1) is 10.8. The van der Waals surface area contributed by atoms with Crippen LogP contribution in [-0.2, 0) is 6.54 Å². The second kappa shape index (κ2) is 7.11. The Balaban J connectivity index is 1.55. The van der Waals surface area contributed by atoms with E-state index in [1.807, 2.05) is 46.1 Å². The molecule has 0 aliphatic carbocycles. The molecule has 0 bridgehead atoms. The molecule has 0 radical (unpaired) electrons. The molecule has 116 valence electrons. The van der Waals surface area contributed by atoms with Crippen molar-refractivity contribution in [1.82, 2.24) is 20.0 Å². The lowest BCUT2D eigenvalue weighted by Gasteiger charge is -2.20. The Bertz CT molecular complexity index is 600. The summed E-state index contributed by atoms with van der Waals surface area (Å²) < 4.78 is 1.83. The number of hydrogen-bond acceptors (Lipinski definition) is 2. The molecule has 2 amide bonds. The van der Waals surface area contributed by atoms with Gasteiger partial charge in [0.25, 0.3) is 0 Å². The van der Waals surface area contributed by atoms with E-state index in [0.29, 0.717) is 6.54 Å². The Hall–Kier alpha value is -2.30. The number of likely N-dealkylation sites (tertiary alicyclic amines) is 1. The SMILES string of the molecule is O=C(NCc1cnn(-c2ccccc2)c1)N1CCCCCC1. The van der Waals surface area contributed by atoms with Gasteiger partial charge in [0, 0.05) is 31.4 Å². The molecule has 1 saturated heterocycles. The Labute approximate surface area is 130 Å². The van der Waals surface area contributed by atoms with E-state index in [1.165, 1.54) is 12.8 Å². The van der Waals surface area contributed by atoms with Gasteiger partial charge in [-0.3, -0.25) is 0 Å². The second-order valence-corrected chi connectivity index (χ2v) is 5.69. The minimum atomic E-state index is 0.0364. The number of urea groups is 1. The largest absolute Gasteiger partial charge is 0.334 e. The average Bonchev–Trinajstić information content (AvgIpc) is 2.87. The third-order valence-electron chi connectivity index (χ3n) is 3.99. The number of hydrogen-bond donors (Lipinski definition) is 1. The predicted octanol–water partition coefficient (Wildman–Crippen LogP) is 2.96. The van der Waals surface area contributed by atoms with Crippen LogP contribution >= 0.6 is 0 Å². The molecule has 22 heavy (non-hydrogen) atoms. The van der Waals surface area contributed by atoms with E-state index < -0.39 is 0 Å². The van der Waals surface area contributed by atoms with Gasteiger partial charge in [0.15, 0.2) is 0 Å². The summed E-state index contributed by atoms with van der Waals surface area (Å²) in [5.74, 6) is 0. The summed E-state index contributed by atoms with van der Waals surface area (Å²) in [7, 11) is 0. The minimum absolute atomic E-state index is 0.0364. The van der Waals surface area contributed by atoms with E-state index in [0.717, 1.165) is 37.2 Å². The molecule has 1 fully saturated rings. The summed E-state index contributed by atoms with van der Waals surface area (Å²) in [6.45, 7) is 2.26. The number of carbonyl (C=O) groups is 1. The van der Waals surface area contributed by atoms with Crippen molar-refractivity contribution in [1.29, 1.82) is 0 Å². The topological polar surface area (TPSA) is 50.2 Å². The smallest absolute Gasteiger partial charge is 0.317 e. The molecule has 3 rings (SSSR count). The van der Waals surface area contributed by atoms with Gasteiger partial charge in [0.1, 0.15) is 0 Å². The van der Waals surface area contributed by atoms with Gasteiger partial charge in [-0.1, -0.05) is 31.0 Å². The first-order valence-corrected chi connectivity index (χ1v) is 7.95. The molecule has 1 aromatic carbocycles. The summed E-state index contributed by atoms with van der Waals surface area (Å²) in [6, 6.07) is 10.00. The summed E-state index contributed by atoms with van der Waals surface area (Å²) in [4.78, 5) is 14.1. The molecule has 1 aliphatic rings. The zero-order valence-corrected chi connectivity index (χ0v) is 12.7. The van der Waals surface area contributed by atoms with Crippen LogP contribution in [0.25, 0.3) is 5.69 Å². The number of aromatic nitrogens is 2. The highest BCUT2D eigenvalue weighted by Gasteiger charge is 2.15. The van der Waals surface area contributed by atoms with Gasteiger partial charge < -0.3 is 10.2 Å². The number of amides is 2. The standard InChI is InChI=1S/C17H22N4O/c22-17(20-10-6-1-2-7-11-20)18-12-15-13-19-21(14-15)16-8-4-3-5-9-16/h3-5,8-9,13-14H,1-2,6-7,10-12H2,(H,18,22). The molecule has 1 N–H and O–H groups in total. The van der Waals surface area contributed by atoms with E-state index in [-0.39, 0.29) is 6.03 Å². The van der Waals surface area contributed by atoms with Crippen LogP contribution in [0.4, 0.5) is 4.79 Å². The second-order valence-electron chi connectivity index (χ2n) is 5.69. The highest BCUT2D eigenvalue weighted by Crippen LogP contribution is 2.10. The maximum Gasteiger partial charge on any atom is 0.317 e. The van der Waals surface area contributed by atoms with Crippen LogP contribution in [0.5, 0.6) is 0 Å². The lowest BCUT2D eigenvalue weighted by atomic mass is 10.2. The van der Waals surface area contributed by atoms with E-state index in [2.05, 4.69) is 10.4 Å². The van der Waals surface area contributed by atoms with Gasteiger partial charge in [-0.05, 0) is 25.0 Å². The van der Waals surface area contributed by atoms with E-state index >= 15 is 0 Å². The first kappa shape index (κ1) is 14.6. The molecular formula is C17H22N4O. The quantitative estimate of drug-likeness (QED) is 0.947. The van der Waals surface area contributed by atoms with E-state index in [1.54, 1.807) is 6.20 Å². The van der Waals surface area contributed by atoms with Crippen molar-refractivity contribution in [3.63, 3.8) is 0 Å². The molecule has 0 atom stereocenters. The van der Waals surface area contributed by atoms with Crippen molar-refractivity contribution in [2.24, 2.45) is 0 Å². The van der Waals surface area contributed by atoms with Crippen LogP contribution in [0.1, 0.15) is 31.2 Å². The molecule has 1 aromatic heterocycles. The highest BCUT2D eigenvalue weighted by atomic mass is 16.2. The molecule has 0 unspecified atom stereocenters. The van der Waals surface area contributed by atoms with Gasteiger partial charge in [-0.15, -0.1) is 0 Å². The van der Waals surface area contributed by atoms with Crippen molar-refractivity contribution in [3.8, 4) is 5.69 Å². The zero-order chi connectivity index (χ0) is 15.2. The number of carbonyl (C=O) groups excluding carboxylic acids is 1. The fourth-order valence-corrected chi connectivity index (χ4v) is 2.74. The third kappa shape index (κ3) is 3.67. The van der Waals surface area contributed by atoms with Crippen LogP contribution < -0.4 is 5.32 Å². The number of nitrogens with one attached hydrogen (secondary N) is 1. The molecule has 2 aromatic rings. The Morgan fingerprint density at radius 3 is 2.55 bits per heavy atom. The summed E-state index contributed by atoms with van der Waals surface area (Å²) in [5.41, 5.74) is 2.03. The lowest BCUT2D eigenvalue weighted by molar-refractivity contribution is 0.199. The van der Waals surface area contributed by atoms with Gasteiger partial charge >= 0.3 is 6.03 Å². The molecule has 0 saturated carbocycles.